The number of carbonyl (C=O) groups is 2. The van der Waals surface area contributed by atoms with Gasteiger partial charge in [0.05, 0.1) is 24.3 Å². The maximum absolute atomic E-state index is 12.6. The molecule has 0 fully saturated rings. The van der Waals surface area contributed by atoms with Gasteiger partial charge in [-0.05, 0) is 19.9 Å². The highest BCUT2D eigenvalue weighted by Gasteiger charge is 2.34. The minimum Gasteiger partial charge on any atom is -0.462 e. The van der Waals surface area contributed by atoms with Crippen LogP contribution in [0, 0.1) is 0 Å². The lowest BCUT2D eigenvalue weighted by Gasteiger charge is -2.11. The monoisotopic (exact) mass is 291 g/mol. The number of halogens is 3. The molecule has 0 radical (unpaired) electrons. The molecule has 0 saturated carbocycles. The minimum absolute atomic E-state index is 0.00377. The van der Waals surface area contributed by atoms with E-state index in [0.717, 1.165) is 0 Å². The van der Waals surface area contributed by atoms with E-state index in [0.29, 0.717) is 12.3 Å². The number of nitrogens with zero attached hydrogens (tertiary/aromatic N) is 1. The fourth-order valence-electron chi connectivity index (χ4n) is 1.35. The summed E-state index contributed by atoms with van der Waals surface area (Å²) in [7, 11) is 0. The molecule has 0 aromatic carbocycles. The Morgan fingerprint density at radius 3 is 2.20 bits per heavy atom. The number of esters is 2. The van der Waals surface area contributed by atoms with Gasteiger partial charge in [0.1, 0.15) is 0 Å². The van der Waals surface area contributed by atoms with Crippen molar-refractivity contribution in [3.05, 3.63) is 29.1 Å². The Kier molecular flexibility index (Phi) is 5.06. The van der Waals surface area contributed by atoms with Crippen molar-refractivity contribution in [2.24, 2.45) is 0 Å². The third-order valence-electron chi connectivity index (χ3n) is 2.18. The number of hydrogen-bond acceptors (Lipinski definition) is 5. The molecular weight excluding hydrogens is 279 g/mol. The van der Waals surface area contributed by atoms with Gasteiger partial charge in [-0.1, -0.05) is 0 Å². The van der Waals surface area contributed by atoms with Crippen LogP contribution >= 0.6 is 0 Å². The van der Waals surface area contributed by atoms with E-state index in [1.807, 2.05) is 0 Å². The van der Waals surface area contributed by atoms with Gasteiger partial charge in [-0.15, -0.1) is 0 Å². The second kappa shape index (κ2) is 6.36. The van der Waals surface area contributed by atoms with Gasteiger partial charge in [-0.3, -0.25) is 0 Å². The normalized spacial score (nSPS) is 11.1. The molecule has 0 aliphatic carbocycles. The molecule has 20 heavy (non-hydrogen) atoms. The molecular formula is C12H12F3NO4. The van der Waals surface area contributed by atoms with E-state index >= 15 is 0 Å². The average Bonchev–Trinajstić information content (AvgIpc) is 2.37. The van der Waals surface area contributed by atoms with Gasteiger partial charge in [0.25, 0.3) is 0 Å². The van der Waals surface area contributed by atoms with Gasteiger partial charge in [0.2, 0.25) is 0 Å². The topological polar surface area (TPSA) is 65.5 Å². The molecule has 5 nitrogen and oxygen atoms in total. The Morgan fingerprint density at radius 1 is 1.15 bits per heavy atom. The Balaban J connectivity index is 3.30. The number of ether oxygens (including phenoxy) is 2. The van der Waals surface area contributed by atoms with Crippen molar-refractivity contribution >= 4 is 11.9 Å². The maximum atomic E-state index is 12.6. The van der Waals surface area contributed by atoms with Crippen LogP contribution in [-0.2, 0) is 15.7 Å². The predicted octanol–water partition coefficient (Wildman–Crippen LogP) is 2.45. The van der Waals surface area contributed by atoms with Gasteiger partial charge in [-0.25, -0.2) is 14.6 Å². The lowest BCUT2D eigenvalue weighted by molar-refractivity contribution is -0.137. The summed E-state index contributed by atoms with van der Waals surface area (Å²) in [5.41, 5.74) is -2.22. The van der Waals surface area contributed by atoms with E-state index in [1.54, 1.807) is 0 Å². The summed E-state index contributed by atoms with van der Waals surface area (Å²) < 4.78 is 47.0. The van der Waals surface area contributed by atoms with Crippen LogP contribution < -0.4 is 0 Å². The summed E-state index contributed by atoms with van der Waals surface area (Å²) in [5, 5.41) is 0. The molecule has 1 aromatic rings. The summed E-state index contributed by atoms with van der Waals surface area (Å²) in [6.07, 6.45) is -4.21. The van der Waals surface area contributed by atoms with Crippen LogP contribution in [0.3, 0.4) is 0 Å². The number of alkyl halides is 3. The van der Waals surface area contributed by atoms with Crippen molar-refractivity contribution in [3.63, 3.8) is 0 Å². The quantitative estimate of drug-likeness (QED) is 0.797. The highest BCUT2D eigenvalue weighted by molar-refractivity contribution is 6.01. The number of rotatable bonds is 4. The Labute approximate surface area is 112 Å². The maximum Gasteiger partial charge on any atom is 0.417 e. The Morgan fingerprint density at radius 2 is 1.70 bits per heavy atom. The van der Waals surface area contributed by atoms with Gasteiger partial charge < -0.3 is 9.47 Å². The summed E-state index contributed by atoms with van der Waals surface area (Å²) in [4.78, 5) is 26.5. The third-order valence-corrected chi connectivity index (χ3v) is 2.18. The summed E-state index contributed by atoms with van der Waals surface area (Å²) in [5.74, 6) is -2.04. The average molecular weight is 291 g/mol. The van der Waals surface area contributed by atoms with Gasteiger partial charge in [-0.2, -0.15) is 13.2 Å². The number of hydrogen-bond donors (Lipinski definition) is 0. The molecule has 0 N–H and O–H groups in total. The van der Waals surface area contributed by atoms with E-state index in [2.05, 4.69) is 14.5 Å². The second-order valence-corrected chi connectivity index (χ2v) is 3.56. The van der Waals surface area contributed by atoms with E-state index in [-0.39, 0.29) is 13.2 Å². The molecule has 0 bridgehead atoms. The second-order valence-electron chi connectivity index (χ2n) is 3.56. The molecule has 1 aromatic heterocycles. The van der Waals surface area contributed by atoms with E-state index in [1.165, 1.54) is 13.8 Å². The van der Waals surface area contributed by atoms with Crippen molar-refractivity contribution in [2.45, 2.75) is 20.0 Å². The van der Waals surface area contributed by atoms with Crippen LogP contribution in [0.2, 0.25) is 0 Å². The lowest BCUT2D eigenvalue weighted by atomic mass is 10.1. The molecule has 1 heterocycles. The summed E-state index contributed by atoms with van der Waals surface area (Å²) in [6.45, 7) is 2.97. The van der Waals surface area contributed by atoms with E-state index in [4.69, 9.17) is 0 Å². The fraction of sp³-hybridized carbons (Fsp3) is 0.417. The van der Waals surface area contributed by atoms with Crippen molar-refractivity contribution < 1.29 is 32.2 Å². The molecule has 0 atom stereocenters. The van der Waals surface area contributed by atoms with Crippen LogP contribution in [-0.4, -0.2) is 30.1 Å². The van der Waals surface area contributed by atoms with Gasteiger partial charge in [0.15, 0.2) is 5.69 Å². The Hall–Kier alpha value is -2.12. The number of aromatic nitrogens is 1. The first-order valence-corrected chi connectivity index (χ1v) is 5.72. The fourth-order valence-corrected chi connectivity index (χ4v) is 1.35. The van der Waals surface area contributed by atoms with Crippen molar-refractivity contribution in [2.75, 3.05) is 13.2 Å². The van der Waals surface area contributed by atoms with E-state index in [9.17, 15) is 22.8 Å². The molecule has 0 aliphatic rings. The molecule has 0 spiro atoms. The smallest absolute Gasteiger partial charge is 0.417 e. The van der Waals surface area contributed by atoms with Crippen molar-refractivity contribution in [3.8, 4) is 0 Å². The highest BCUT2D eigenvalue weighted by Crippen LogP contribution is 2.30. The number of carbonyl (C=O) groups excluding carboxylic acids is 2. The largest absolute Gasteiger partial charge is 0.462 e. The lowest BCUT2D eigenvalue weighted by Crippen LogP contribution is -2.18. The first-order chi connectivity index (χ1) is 9.31. The van der Waals surface area contributed by atoms with Crippen LogP contribution in [0.25, 0.3) is 0 Å². The molecule has 0 unspecified atom stereocenters. The van der Waals surface area contributed by atoms with Crippen molar-refractivity contribution in [1.29, 1.82) is 0 Å². The zero-order valence-corrected chi connectivity index (χ0v) is 10.8. The van der Waals surface area contributed by atoms with Gasteiger partial charge in [0, 0.05) is 6.20 Å². The molecule has 110 valence electrons. The third kappa shape index (κ3) is 3.69. The van der Waals surface area contributed by atoms with Crippen LogP contribution in [0.5, 0.6) is 0 Å². The molecule has 0 saturated heterocycles. The SMILES string of the molecule is CCOC(=O)c1cc(C(F)(F)F)cnc1C(=O)OCC. The van der Waals surface area contributed by atoms with Crippen LogP contribution in [0.1, 0.15) is 40.3 Å². The number of pyridine rings is 1. The first kappa shape index (κ1) is 15.9. The minimum atomic E-state index is -4.68. The van der Waals surface area contributed by atoms with Crippen LogP contribution in [0.4, 0.5) is 13.2 Å². The Bertz CT molecular complexity index is 514. The molecule has 0 aliphatic heterocycles. The molecule has 1 rings (SSSR count). The molecule has 8 heteroatoms. The summed E-state index contributed by atoms with van der Waals surface area (Å²) >= 11 is 0. The van der Waals surface area contributed by atoms with Crippen molar-refractivity contribution in [1.82, 2.24) is 4.98 Å². The zero-order chi connectivity index (χ0) is 15.3. The first-order valence-electron chi connectivity index (χ1n) is 5.72. The predicted molar refractivity (Wildman–Crippen MR) is 61.2 cm³/mol. The highest BCUT2D eigenvalue weighted by atomic mass is 19.4. The standard InChI is InChI=1S/C12H12F3NO4/c1-3-19-10(17)8-5-7(12(13,14)15)6-16-9(8)11(18)20-4-2/h5-6H,3-4H2,1-2H3. The zero-order valence-electron chi connectivity index (χ0n) is 10.8. The van der Waals surface area contributed by atoms with E-state index < -0.39 is 34.9 Å². The summed E-state index contributed by atoms with van der Waals surface area (Å²) in [6, 6.07) is 0.525. The van der Waals surface area contributed by atoms with Crippen LogP contribution in [0.15, 0.2) is 12.3 Å². The molecule has 0 amide bonds. The van der Waals surface area contributed by atoms with Gasteiger partial charge >= 0.3 is 18.1 Å².